The molecular weight excluding hydrogens is 298 g/mol. The number of hydrogen-bond acceptors (Lipinski definition) is 4. The summed E-state index contributed by atoms with van der Waals surface area (Å²) in [4.78, 5) is 14.1. The summed E-state index contributed by atoms with van der Waals surface area (Å²) in [6.07, 6.45) is 0.830. The van der Waals surface area contributed by atoms with Crippen LogP contribution in [0.1, 0.15) is 28.6 Å². The van der Waals surface area contributed by atoms with Gasteiger partial charge in [-0.05, 0) is 31.5 Å². The van der Waals surface area contributed by atoms with Crippen molar-refractivity contribution in [2.75, 3.05) is 19.8 Å². The topological polar surface area (TPSA) is 47.6 Å². The van der Waals surface area contributed by atoms with Crippen LogP contribution in [0, 0.1) is 0 Å². The van der Waals surface area contributed by atoms with Gasteiger partial charge in [-0.25, -0.2) is 0 Å². The van der Waals surface area contributed by atoms with Gasteiger partial charge in [0.2, 0.25) is 0 Å². The van der Waals surface area contributed by atoms with Gasteiger partial charge in [-0.3, -0.25) is 4.79 Å². The molecule has 4 nitrogen and oxygen atoms in total. The second kappa shape index (κ2) is 6.94. The van der Waals surface area contributed by atoms with E-state index in [-0.39, 0.29) is 5.91 Å². The number of benzene rings is 1. The van der Waals surface area contributed by atoms with Crippen LogP contribution in [0.2, 0.25) is 0 Å². The zero-order valence-corrected chi connectivity index (χ0v) is 13.4. The van der Waals surface area contributed by atoms with E-state index in [1.807, 2.05) is 37.3 Å². The third kappa shape index (κ3) is 3.15. The van der Waals surface area contributed by atoms with Crippen LogP contribution in [0.4, 0.5) is 0 Å². The Morgan fingerprint density at radius 2 is 2.27 bits per heavy atom. The predicted molar refractivity (Wildman–Crippen MR) is 87.5 cm³/mol. The maximum absolute atomic E-state index is 12.2. The Labute approximate surface area is 134 Å². The van der Waals surface area contributed by atoms with Gasteiger partial charge in [0, 0.05) is 35.8 Å². The fourth-order valence-electron chi connectivity index (χ4n) is 2.42. The molecule has 0 saturated carbocycles. The quantitative estimate of drug-likeness (QED) is 0.830. The molecule has 5 heteroatoms. The highest BCUT2D eigenvalue weighted by Gasteiger charge is 2.22. The number of thiophene rings is 1. The number of fused-ring (bicyclic) bond motifs is 3. The van der Waals surface area contributed by atoms with Crippen molar-refractivity contribution in [3.8, 4) is 16.2 Å². The normalized spacial score (nSPS) is 12.2. The monoisotopic (exact) mass is 317 g/mol. The van der Waals surface area contributed by atoms with E-state index in [4.69, 9.17) is 9.47 Å². The van der Waals surface area contributed by atoms with Crippen LogP contribution >= 0.6 is 11.3 Å². The van der Waals surface area contributed by atoms with Gasteiger partial charge in [0.25, 0.3) is 5.91 Å². The number of carbonyl (C=O) groups excluding carboxylic acids is 1. The lowest BCUT2D eigenvalue weighted by Crippen LogP contribution is -2.24. The van der Waals surface area contributed by atoms with Crippen LogP contribution in [0.25, 0.3) is 10.4 Å². The molecule has 0 radical (unpaired) electrons. The highest BCUT2D eigenvalue weighted by molar-refractivity contribution is 7.17. The molecule has 0 spiro atoms. The van der Waals surface area contributed by atoms with Gasteiger partial charge in [0.05, 0.1) is 4.88 Å². The summed E-state index contributed by atoms with van der Waals surface area (Å²) in [6, 6.07) is 9.89. The summed E-state index contributed by atoms with van der Waals surface area (Å²) in [6.45, 7) is 4.52. The molecule has 3 rings (SSSR count). The van der Waals surface area contributed by atoms with Crippen LogP contribution < -0.4 is 10.1 Å². The molecule has 0 aliphatic carbocycles. The van der Waals surface area contributed by atoms with Gasteiger partial charge in [-0.1, -0.05) is 12.1 Å². The fourth-order valence-corrected chi connectivity index (χ4v) is 3.53. The van der Waals surface area contributed by atoms with Crippen molar-refractivity contribution in [1.29, 1.82) is 0 Å². The van der Waals surface area contributed by atoms with Crippen molar-refractivity contribution < 1.29 is 14.3 Å². The SMILES string of the molecule is CCOCCCNC(=O)c1cc2c(s1)-c1ccccc1OC2. The van der Waals surface area contributed by atoms with Crippen molar-refractivity contribution in [2.45, 2.75) is 20.0 Å². The van der Waals surface area contributed by atoms with E-state index in [2.05, 4.69) is 5.32 Å². The van der Waals surface area contributed by atoms with Crippen molar-refractivity contribution in [3.63, 3.8) is 0 Å². The Morgan fingerprint density at radius 1 is 1.41 bits per heavy atom. The second-order valence-corrected chi connectivity index (χ2v) is 6.11. The van der Waals surface area contributed by atoms with Crippen LogP contribution in [0.5, 0.6) is 5.75 Å². The maximum atomic E-state index is 12.2. The van der Waals surface area contributed by atoms with E-state index in [1.54, 1.807) is 0 Å². The average molecular weight is 317 g/mol. The molecule has 0 unspecified atom stereocenters. The van der Waals surface area contributed by atoms with Gasteiger partial charge in [0.15, 0.2) is 0 Å². The zero-order valence-electron chi connectivity index (χ0n) is 12.6. The summed E-state index contributed by atoms with van der Waals surface area (Å²) in [5.74, 6) is 0.869. The summed E-state index contributed by atoms with van der Waals surface area (Å²) in [5.41, 5.74) is 2.16. The highest BCUT2D eigenvalue weighted by Crippen LogP contribution is 2.42. The first-order valence-corrected chi connectivity index (χ1v) is 8.32. The number of para-hydroxylation sites is 1. The molecular formula is C17H19NO3S. The van der Waals surface area contributed by atoms with Gasteiger partial charge in [0.1, 0.15) is 12.4 Å². The minimum atomic E-state index is -0.0200. The van der Waals surface area contributed by atoms with E-state index in [1.165, 1.54) is 11.3 Å². The first-order chi connectivity index (χ1) is 10.8. The molecule has 1 amide bonds. The van der Waals surface area contributed by atoms with E-state index < -0.39 is 0 Å². The molecule has 2 aromatic rings. The summed E-state index contributed by atoms with van der Waals surface area (Å²) < 4.78 is 11.0. The number of carbonyl (C=O) groups is 1. The van der Waals surface area contributed by atoms with Crippen molar-refractivity contribution in [1.82, 2.24) is 5.32 Å². The van der Waals surface area contributed by atoms with Gasteiger partial charge in [-0.15, -0.1) is 11.3 Å². The Kier molecular flexibility index (Phi) is 4.75. The number of rotatable bonds is 6. The number of nitrogens with one attached hydrogen (secondary N) is 1. The van der Waals surface area contributed by atoms with Gasteiger partial charge >= 0.3 is 0 Å². The minimum absolute atomic E-state index is 0.0200. The van der Waals surface area contributed by atoms with Crippen LogP contribution in [-0.2, 0) is 11.3 Å². The van der Waals surface area contributed by atoms with Gasteiger partial charge in [-0.2, -0.15) is 0 Å². The lowest BCUT2D eigenvalue weighted by Gasteiger charge is -2.16. The van der Waals surface area contributed by atoms with Crippen LogP contribution in [-0.4, -0.2) is 25.7 Å². The Hall–Kier alpha value is -1.85. The fraction of sp³-hybridized carbons (Fsp3) is 0.353. The first kappa shape index (κ1) is 15.1. The van der Waals surface area contributed by atoms with E-state index in [0.717, 1.165) is 33.1 Å². The van der Waals surface area contributed by atoms with E-state index in [0.29, 0.717) is 26.4 Å². The Morgan fingerprint density at radius 3 is 3.14 bits per heavy atom. The summed E-state index contributed by atoms with van der Waals surface area (Å²) in [7, 11) is 0. The van der Waals surface area contributed by atoms with E-state index >= 15 is 0 Å². The first-order valence-electron chi connectivity index (χ1n) is 7.50. The molecule has 1 aromatic heterocycles. The lowest BCUT2D eigenvalue weighted by atomic mass is 10.1. The molecule has 22 heavy (non-hydrogen) atoms. The predicted octanol–water partition coefficient (Wildman–Crippen LogP) is 3.46. The Balaban J connectivity index is 1.68. The standard InChI is InChI=1S/C17H19NO3S/c1-2-20-9-5-8-18-17(19)15-10-12-11-21-14-7-4-3-6-13(14)16(12)22-15/h3-4,6-7,10H,2,5,8-9,11H2,1H3,(H,18,19). The third-order valence-corrected chi connectivity index (χ3v) is 4.71. The smallest absolute Gasteiger partial charge is 0.261 e. The van der Waals surface area contributed by atoms with Crippen LogP contribution in [0.3, 0.4) is 0 Å². The molecule has 0 bridgehead atoms. The molecule has 116 valence electrons. The zero-order chi connectivity index (χ0) is 15.4. The number of hydrogen-bond donors (Lipinski definition) is 1. The molecule has 1 aromatic carbocycles. The molecule has 2 heterocycles. The second-order valence-electron chi connectivity index (χ2n) is 5.06. The number of amides is 1. The van der Waals surface area contributed by atoms with Crippen molar-refractivity contribution in [3.05, 3.63) is 40.8 Å². The van der Waals surface area contributed by atoms with Crippen molar-refractivity contribution >= 4 is 17.2 Å². The lowest BCUT2D eigenvalue weighted by molar-refractivity contribution is 0.0948. The molecule has 1 aliphatic heterocycles. The summed E-state index contributed by atoms with van der Waals surface area (Å²) in [5, 5.41) is 2.94. The maximum Gasteiger partial charge on any atom is 0.261 e. The average Bonchev–Trinajstić information content (AvgIpc) is 2.99. The molecule has 0 saturated heterocycles. The van der Waals surface area contributed by atoms with Crippen molar-refractivity contribution in [2.24, 2.45) is 0 Å². The largest absolute Gasteiger partial charge is 0.488 e. The minimum Gasteiger partial charge on any atom is -0.488 e. The molecule has 1 N–H and O–H groups in total. The molecule has 0 atom stereocenters. The van der Waals surface area contributed by atoms with Gasteiger partial charge < -0.3 is 14.8 Å². The number of ether oxygens (including phenoxy) is 2. The third-order valence-electron chi connectivity index (χ3n) is 3.50. The summed E-state index contributed by atoms with van der Waals surface area (Å²) >= 11 is 1.53. The van der Waals surface area contributed by atoms with Crippen LogP contribution in [0.15, 0.2) is 30.3 Å². The van der Waals surface area contributed by atoms with E-state index in [9.17, 15) is 4.79 Å². The molecule has 1 aliphatic rings. The molecule has 0 fully saturated rings. The highest BCUT2D eigenvalue weighted by atomic mass is 32.1. The Bertz CT molecular complexity index is 666.